The number of methoxy groups -OCH3 is 1. The maximum Gasteiger partial charge on any atom is 0.167 e. The van der Waals surface area contributed by atoms with E-state index in [1.54, 1.807) is 18.0 Å². The maximum atomic E-state index is 8.92. The van der Waals surface area contributed by atoms with Crippen LogP contribution in [0.15, 0.2) is 17.8 Å². The Labute approximate surface area is 143 Å². The molecule has 0 aliphatic carbocycles. The van der Waals surface area contributed by atoms with Crippen LogP contribution in [0, 0.1) is 0 Å². The highest BCUT2D eigenvalue weighted by Gasteiger charge is 2.45. The fourth-order valence-corrected chi connectivity index (χ4v) is 2.98. The van der Waals surface area contributed by atoms with Gasteiger partial charge < -0.3 is 19.9 Å². The second-order valence-corrected chi connectivity index (χ2v) is 5.58. The van der Waals surface area contributed by atoms with Crippen molar-refractivity contribution in [1.29, 1.82) is 0 Å². The van der Waals surface area contributed by atoms with Crippen LogP contribution in [-0.4, -0.2) is 58.1 Å². The van der Waals surface area contributed by atoms with Crippen LogP contribution in [-0.2, 0) is 14.2 Å². The third kappa shape index (κ3) is 3.22. The molecule has 1 aliphatic rings. The van der Waals surface area contributed by atoms with Crippen LogP contribution in [0.25, 0.3) is 21.6 Å². The van der Waals surface area contributed by atoms with Crippen molar-refractivity contribution in [3.63, 3.8) is 0 Å². The Morgan fingerprint density at radius 3 is 2.96 bits per heavy atom. The van der Waals surface area contributed by atoms with Gasteiger partial charge in [0.25, 0.3) is 0 Å². The van der Waals surface area contributed by atoms with Crippen molar-refractivity contribution in [3.05, 3.63) is 23.1 Å². The maximum absolute atomic E-state index is 8.92. The lowest BCUT2D eigenvalue weighted by molar-refractivity contribution is -0.0694. The van der Waals surface area contributed by atoms with Crippen molar-refractivity contribution in [2.75, 3.05) is 26.1 Å². The summed E-state index contributed by atoms with van der Waals surface area (Å²) < 4.78 is 18.8. The van der Waals surface area contributed by atoms with Crippen LogP contribution in [0.2, 0.25) is 0 Å². The van der Waals surface area contributed by atoms with Gasteiger partial charge in [-0.2, -0.15) is 0 Å². The van der Waals surface area contributed by atoms with Gasteiger partial charge >= 0.3 is 0 Å². The smallest absolute Gasteiger partial charge is 0.167 e. The minimum absolute atomic E-state index is 0.273. The van der Waals surface area contributed by atoms with Gasteiger partial charge in [-0.25, -0.2) is 15.0 Å². The second-order valence-electron chi connectivity index (χ2n) is 5.58. The normalized spacial score (nSPS) is 26.0. The first-order chi connectivity index (χ1) is 12.2. The highest BCUT2D eigenvalue weighted by Crippen LogP contribution is 2.36. The third-order valence-corrected chi connectivity index (χ3v) is 4.16. The molecule has 0 aromatic carbocycles. The summed E-state index contributed by atoms with van der Waals surface area (Å²) in [6, 6.07) is -0.464. The largest absolute Gasteiger partial charge is 0.382 e. The van der Waals surface area contributed by atoms with Gasteiger partial charge in [0.15, 0.2) is 17.7 Å². The zero-order valence-corrected chi connectivity index (χ0v) is 14.0. The number of hydrogen-bond donors (Lipinski definition) is 1. The Bertz CT molecular complexity index is 775. The summed E-state index contributed by atoms with van der Waals surface area (Å²) in [5.41, 5.74) is 15.8. The number of hydrogen-bond acceptors (Lipinski definition) is 8. The van der Waals surface area contributed by atoms with Gasteiger partial charge in [0, 0.05) is 12.0 Å². The minimum Gasteiger partial charge on any atom is -0.382 e. The number of ether oxygens (including phenoxy) is 3. The third-order valence-electron chi connectivity index (χ3n) is 4.16. The zero-order chi connectivity index (χ0) is 17.8. The minimum atomic E-state index is -0.545. The van der Waals surface area contributed by atoms with Crippen LogP contribution >= 0.6 is 0 Å². The number of azide groups is 1. The lowest BCUT2D eigenvalue weighted by Gasteiger charge is -2.22. The van der Waals surface area contributed by atoms with Gasteiger partial charge in [-0.3, -0.25) is 4.57 Å². The molecule has 11 nitrogen and oxygen atoms in total. The molecule has 1 fully saturated rings. The van der Waals surface area contributed by atoms with Gasteiger partial charge in [-0.1, -0.05) is 12.0 Å². The molecule has 0 radical (unpaired) electrons. The van der Waals surface area contributed by atoms with Crippen molar-refractivity contribution in [1.82, 2.24) is 19.5 Å². The molecule has 4 atom stereocenters. The first kappa shape index (κ1) is 17.4. The number of anilines is 1. The quantitative estimate of drug-likeness (QED) is 0.344. The molecule has 0 amide bonds. The first-order valence-electron chi connectivity index (χ1n) is 7.94. The monoisotopic (exact) mass is 348 g/mol. The first-order valence-corrected chi connectivity index (χ1v) is 7.94. The summed E-state index contributed by atoms with van der Waals surface area (Å²) in [4.78, 5) is 15.4. The number of nitrogens with two attached hydrogens (primary N) is 1. The molecule has 25 heavy (non-hydrogen) atoms. The topological polar surface area (TPSA) is 146 Å². The van der Waals surface area contributed by atoms with E-state index in [0.29, 0.717) is 30.8 Å². The van der Waals surface area contributed by atoms with Gasteiger partial charge in [0.1, 0.15) is 17.9 Å². The van der Waals surface area contributed by atoms with E-state index >= 15 is 0 Å². The van der Waals surface area contributed by atoms with Crippen LogP contribution in [0.5, 0.6) is 0 Å². The molecule has 0 saturated carbocycles. The molecule has 0 unspecified atom stereocenters. The lowest BCUT2D eigenvalue weighted by atomic mass is 10.1. The molecular weight excluding hydrogens is 328 g/mol. The van der Waals surface area contributed by atoms with E-state index in [4.69, 9.17) is 25.5 Å². The molecule has 1 aliphatic heterocycles. The van der Waals surface area contributed by atoms with Crippen LogP contribution in [0.4, 0.5) is 5.82 Å². The van der Waals surface area contributed by atoms with E-state index < -0.39 is 18.4 Å². The predicted octanol–water partition coefficient (Wildman–Crippen LogP) is 1.43. The molecule has 2 aromatic rings. The van der Waals surface area contributed by atoms with E-state index in [2.05, 4.69) is 25.0 Å². The number of nitrogen functional groups attached to an aromatic ring is 1. The van der Waals surface area contributed by atoms with Crippen LogP contribution in [0.1, 0.15) is 19.6 Å². The van der Waals surface area contributed by atoms with Gasteiger partial charge in [-0.15, -0.1) is 0 Å². The molecule has 0 spiro atoms. The van der Waals surface area contributed by atoms with Crippen molar-refractivity contribution in [3.8, 4) is 0 Å². The summed E-state index contributed by atoms with van der Waals surface area (Å²) in [5.74, 6) is 0.289. The number of rotatable bonds is 7. The molecule has 2 aromatic heterocycles. The molecule has 0 bridgehead atoms. The summed E-state index contributed by atoms with van der Waals surface area (Å²) in [6.45, 7) is 2.73. The van der Waals surface area contributed by atoms with E-state index in [0.717, 1.165) is 0 Å². The highest BCUT2D eigenvalue weighted by atomic mass is 16.6. The van der Waals surface area contributed by atoms with Crippen LogP contribution < -0.4 is 5.73 Å². The Hall–Kier alpha value is -2.46. The summed E-state index contributed by atoms with van der Waals surface area (Å²) >= 11 is 0. The van der Waals surface area contributed by atoms with Crippen molar-refractivity contribution in [2.24, 2.45) is 5.11 Å². The Morgan fingerprint density at radius 1 is 1.40 bits per heavy atom. The van der Waals surface area contributed by atoms with Crippen molar-refractivity contribution in [2.45, 2.75) is 37.8 Å². The van der Waals surface area contributed by atoms with Crippen molar-refractivity contribution < 1.29 is 14.2 Å². The number of fused-ring (bicyclic) bond motifs is 1. The summed E-state index contributed by atoms with van der Waals surface area (Å²) in [7, 11) is 1.59. The Morgan fingerprint density at radius 2 is 2.24 bits per heavy atom. The Kier molecular flexibility index (Phi) is 5.29. The molecule has 1 saturated heterocycles. The van der Waals surface area contributed by atoms with E-state index in [1.165, 1.54) is 6.33 Å². The van der Waals surface area contributed by atoms with E-state index in [1.807, 2.05) is 6.92 Å². The summed E-state index contributed by atoms with van der Waals surface area (Å²) in [5, 5.41) is 3.89. The highest BCUT2D eigenvalue weighted by molar-refractivity contribution is 5.81. The standard InChI is InChI=1S/C14H20N8O3/c1-3-8-9(20-21-16)11(24-5-4-23-2)14(25-8)22-7-19-10-12(15)17-6-18-13(10)22/h6-9,11,14H,3-5H2,1-2H3,(H2,15,17,18)/t8-,9-,11-,14-/m1/s1. The number of nitrogens with zero attached hydrogens (tertiary/aromatic N) is 7. The average Bonchev–Trinajstić information content (AvgIpc) is 3.18. The zero-order valence-electron chi connectivity index (χ0n) is 14.0. The molecule has 3 rings (SSSR count). The fraction of sp³-hybridized carbons (Fsp3) is 0.643. The summed E-state index contributed by atoms with van der Waals surface area (Å²) in [6.07, 6.45) is 2.31. The predicted molar refractivity (Wildman–Crippen MR) is 88.5 cm³/mol. The molecule has 2 N–H and O–H groups in total. The number of imidazole rings is 1. The second kappa shape index (κ2) is 7.62. The van der Waals surface area contributed by atoms with Crippen molar-refractivity contribution >= 4 is 17.0 Å². The molecular formula is C14H20N8O3. The molecule has 3 heterocycles. The molecule has 11 heteroatoms. The fourth-order valence-electron chi connectivity index (χ4n) is 2.98. The van der Waals surface area contributed by atoms with E-state index in [9.17, 15) is 0 Å². The number of aromatic nitrogens is 4. The lowest BCUT2D eigenvalue weighted by Crippen LogP contribution is -2.33. The van der Waals surface area contributed by atoms with E-state index in [-0.39, 0.29) is 11.9 Å². The average molecular weight is 348 g/mol. The van der Waals surface area contributed by atoms with Gasteiger partial charge in [0.2, 0.25) is 0 Å². The SMILES string of the molecule is CC[C@H]1O[C@@H](n2cnc3c(N)ncnc32)[C@H](OCCOC)[C@@H]1N=[N+]=[N-]. The molecule has 134 valence electrons. The van der Waals surface area contributed by atoms with Gasteiger partial charge in [-0.05, 0) is 12.0 Å². The van der Waals surface area contributed by atoms with Crippen LogP contribution in [0.3, 0.4) is 0 Å². The van der Waals surface area contributed by atoms with Gasteiger partial charge in [0.05, 0.1) is 31.7 Å². The Balaban J connectivity index is 1.98.